The van der Waals surface area contributed by atoms with Gasteiger partial charge in [-0.3, -0.25) is 0 Å². The van der Waals surface area contributed by atoms with Crippen molar-refractivity contribution in [3.8, 4) is 17.1 Å². The van der Waals surface area contributed by atoms with Gasteiger partial charge >= 0.3 is 0 Å². The first-order chi connectivity index (χ1) is 18.6. The minimum Gasteiger partial charge on any atom is -0.485 e. The minimum atomic E-state index is -3.90. The number of morpholine rings is 1. The van der Waals surface area contributed by atoms with E-state index in [0.29, 0.717) is 59.5 Å². The van der Waals surface area contributed by atoms with Crippen LogP contribution in [0.3, 0.4) is 0 Å². The summed E-state index contributed by atoms with van der Waals surface area (Å²) in [5.74, 6) is 1.34. The summed E-state index contributed by atoms with van der Waals surface area (Å²) in [5.41, 5.74) is 0.442. The van der Waals surface area contributed by atoms with E-state index in [1.807, 2.05) is 0 Å². The summed E-state index contributed by atoms with van der Waals surface area (Å²) < 4.78 is 40.0. The number of pyridine rings is 1. The van der Waals surface area contributed by atoms with Crippen LogP contribution >= 0.6 is 0 Å². The fourth-order valence-electron chi connectivity index (χ4n) is 5.25. The molecule has 0 aliphatic carbocycles. The second-order valence-electron chi connectivity index (χ2n) is 10.3. The molecular formula is C27H30N6O5S. The van der Waals surface area contributed by atoms with Crippen LogP contribution in [0.25, 0.3) is 22.4 Å². The van der Waals surface area contributed by atoms with Gasteiger partial charge in [0.15, 0.2) is 23.0 Å². The number of benzene rings is 1. The molecule has 6 rings (SSSR count). The molecule has 2 atom stereocenters. The molecule has 0 amide bonds. The fraction of sp³-hybridized carbons (Fsp3) is 0.370. The van der Waals surface area contributed by atoms with E-state index < -0.39 is 15.6 Å². The van der Waals surface area contributed by atoms with Gasteiger partial charge in [0.1, 0.15) is 17.9 Å². The van der Waals surface area contributed by atoms with E-state index in [2.05, 4.69) is 22.1 Å². The van der Waals surface area contributed by atoms with Crippen molar-refractivity contribution in [3.63, 3.8) is 0 Å². The molecule has 3 aromatic heterocycles. The first-order valence-corrected chi connectivity index (χ1v) is 14.2. The van der Waals surface area contributed by atoms with E-state index in [1.165, 1.54) is 10.2 Å². The number of aliphatic hydroxyl groups is 1. The van der Waals surface area contributed by atoms with Crippen LogP contribution in [0.1, 0.15) is 26.5 Å². The quantitative estimate of drug-likeness (QED) is 0.382. The van der Waals surface area contributed by atoms with Gasteiger partial charge in [0.25, 0.3) is 10.0 Å². The number of rotatable bonds is 5. The largest absolute Gasteiger partial charge is 0.485 e. The highest BCUT2D eigenvalue weighted by Gasteiger charge is 2.40. The standard InChI is InChI=1S/C27H30N6O5S/c1-16-13-37-14-17-15-38-22-23(27(2,3)34)30-24(31-26(22)33(16)17)21-19-10-11-32(25(19)29-12-20(21)28-4)39(35,36)18-8-6-5-7-9-18/h5-12,16-17,28,34H,13-15H2,1-4H3. The Hall–Kier alpha value is -3.74. The van der Waals surface area contributed by atoms with Gasteiger partial charge in [-0.1, -0.05) is 18.2 Å². The molecule has 12 heteroatoms. The Balaban J connectivity index is 1.61. The van der Waals surface area contributed by atoms with E-state index in [1.54, 1.807) is 63.5 Å². The van der Waals surface area contributed by atoms with Crippen molar-refractivity contribution in [1.82, 2.24) is 18.9 Å². The number of ether oxygens (including phenoxy) is 2. The van der Waals surface area contributed by atoms with Crippen LogP contribution in [0.2, 0.25) is 0 Å². The molecule has 0 saturated carbocycles. The number of anilines is 2. The first kappa shape index (κ1) is 25.5. The average Bonchev–Trinajstić information content (AvgIpc) is 3.37. The molecule has 2 aliphatic rings. The molecular weight excluding hydrogens is 520 g/mol. The molecule has 0 bridgehead atoms. The Labute approximate surface area is 226 Å². The van der Waals surface area contributed by atoms with Crippen molar-refractivity contribution in [2.24, 2.45) is 0 Å². The third-order valence-electron chi connectivity index (χ3n) is 7.10. The lowest BCUT2D eigenvalue weighted by molar-refractivity contribution is 0.0425. The van der Waals surface area contributed by atoms with Crippen molar-refractivity contribution in [1.29, 1.82) is 0 Å². The summed E-state index contributed by atoms with van der Waals surface area (Å²) in [5, 5.41) is 14.8. The van der Waals surface area contributed by atoms with Gasteiger partial charge in [-0.15, -0.1) is 0 Å². The summed E-state index contributed by atoms with van der Waals surface area (Å²) in [6.45, 7) is 6.80. The Morgan fingerprint density at radius 2 is 1.87 bits per heavy atom. The van der Waals surface area contributed by atoms with Gasteiger partial charge in [0.2, 0.25) is 0 Å². The third-order valence-corrected chi connectivity index (χ3v) is 8.78. The number of nitrogens with zero attached hydrogens (tertiary/aromatic N) is 5. The van der Waals surface area contributed by atoms with Gasteiger partial charge in [0.05, 0.1) is 47.6 Å². The van der Waals surface area contributed by atoms with Crippen LogP contribution in [-0.2, 0) is 20.4 Å². The van der Waals surface area contributed by atoms with Crippen LogP contribution in [0.15, 0.2) is 53.7 Å². The highest BCUT2D eigenvalue weighted by Crippen LogP contribution is 2.44. The van der Waals surface area contributed by atoms with Crippen molar-refractivity contribution >= 4 is 32.6 Å². The first-order valence-electron chi connectivity index (χ1n) is 12.7. The normalized spacial score (nSPS) is 19.4. The van der Waals surface area contributed by atoms with E-state index >= 15 is 0 Å². The maximum atomic E-state index is 13.5. The highest BCUT2D eigenvalue weighted by atomic mass is 32.2. The zero-order valence-electron chi connectivity index (χ0n) is 22.1. The summed E-state index contributed by atoms with van der Waals surface area (Å²) in [6.07, 6.45) is 3.05. The molecule has 1 fully saturated rings. The molecule has 1 saturated heterocycles. The van der Waals surface area contributed by atoms with Crippen molar-refractivity contribution in [3.05, 3.63) is 54.5 Å². The third kappa shape index (κ3) is 4.10. The summed E-state index contributed by atoms with van der Waals surface area (Å²) in [6, 6.07) is 9.91. The Morgan fingerprint density at radius 3 is 2.59 bits per heavy atom. The number of nitrogens with one attached hydrogen (secondary N) is 1. The van der Waals surface area contributed by atoms with E-state index in [0.717, 1.165) is 0 Å². The van der Waals surface area contributed by atoms with Crippen molar-refractivity contribution in [2.75, 3.05) is 37.1 Å². The molecule has 5 heterocycles. The molecule has 0 spiro atoms. The molecule has 204 valence electrons. The lowest BCUT2D eigenvalue weighted by Crippen LogP contribution is -2.56. The minimum absolute atomic E-state index is 0.0298. The van der Waals surface area contributed by atoms with Gasteiger partial charge < -0.3 is 24.8 Å². The van der Waals surface area contributed by atoms with Crippen LogP contribution in [0.5, 0.6) is 5.75 Å². The van der Waals surface area contributed by atoms with E-state index in [4.69, 9.17) is 19.4 Å². The Morgan fingerprint density at radius 1 is 1.10 bits per heavy atom. The maximum absolute atomic E-state index is 13.5. The topological polar surface area (TPSA) is 132 Å². The molecule has 2 aliphatic heterocycles. The summed E-state index contributed by atoms with van der Waals surface area (Å²) >= 11 is 0. The van der Waals surface area contributed by atoms with Gasteiger partial charge in [-0.05, 0) is 39.0 Å². The van der Waals surface area contributed by atoms with E-state index in [9.17, 15) is 13.5 Å². The van der Waals surface area contributed by atoms with Gasteiger partial charge in [-0.25, -0.2) is 27.3 Å². The van der Waals surface area contributed by atoms with Crippen LogP contribution in [-0.4, -0.2) is 71.4 Å². The number of hydrogen-bond donors (Lipinski definition) is 2. The summed E-state index contributed by atoms with van der Waals surface area (Å²) in [7, 11) is -2.15. The zero-order valence-corrected chi connectivity index (χ0v) is 22.9. The van der Waals surface area contributed by atoms with Gasteiger partial charge in [-0.2, -0.15) is 0 Å². The number of fused-ring (bicyclic) bond motifs is 4. The maximum Gasteiger partial charge on any atom is 0.269 e. The predicted molar refractivity (Wildman–Crippen MR) is 147 cm³/mol. The number of aromatic nitrogens is 4. The van der Waals surface area contributed by atoms with Crippen molar-refractivity contribution in [2.45, 2.75) is 43.4 Å². The number of hydrogen-bond acceptors (Lipinski definition) is 10. The molecule has 11 nitrogen and oxygen atoms in total. The van der Waals surface area contributed by atoms with Crippen LogP contribution < -0.4 is 15.0 Å². The average molecular weight is 551 g/mol. The lowest BCUT2D eigenvalue weighted by atomic mass is 10.0. The lowest BCUT2D eigenvalue weighted by Gasteiger charge is -2.45. The molecule has 1 aromatic carbocycles. The molecule has 2 N–H and O–H groups in total. The molecule has 39 heavy (non-hydrogen) atoms. The second-order valence-corrected chi connectivity index (χ2v) is 12.1. The Kier molecular flexibility index (Phi) is 6.01. The van der Waals surface area contributed by atoms with E-state index in [-0.39, 0.29) is 22.6 Å². The van der Waals surface area contributed by atoms with Crippen molar-refractivity contribution < 1.29 is 23.0 Å². The van der Waals surface area contributed by atoms with Gasteiger partial charge in [0, 0.05) is 18.6 Å². The monoisotopic (exact) mass is 550 g/mol. The highest BCUT2D eigenvalue weighted by molar-refractivity contribution is 7.90. The SMILES string of the molecule is CNc1cnc2c(ccn2S(=O)(=O)c2ccccc2)c1-c1nc2c(c(C(C)(C)O)n1)OCC1COCC(C)N21. The molecule has 2 unspecified atom stereocenters. The summed E-state index contributed by atoms with van der Waals surface area (Å²) in [4.78, 5) is 16.6. The molecule has 4 aromatic rings. The molecule has 0 radical (unpaired) electrons. The predicted octanol–water partition coefficient (Wildman–Crippen LogP) is 2.99. The fourth-order valence-corrected chi connectivity index (χ4v) is 6.57. The van der Waals surface area contributed by atoms with Crippen LogP contribution in [0, 0.1) is 0 Å². The zero-order chi connectivity index (χ0) is 27.5. The smallest absolute Gasteiger partial charge is 0.269 e. The van der Waals surface area contributed by atoms with Crippen LogP contribution in [0.4, 0.5) is 11.5 Å². The second kappa shape index (κ2) is 9.18. The Bertz CT molecular complexity index is 1670.